The van der Waals surface area contributed by atoms with Crippen LogP contribution >= 0.6 is 11.6 Å². The Bertz CT molecular complexity index is 1180. The summed E-state index contributed by atoms with van der Waals surface area (Å²) < 4.78 is 23.7. The molecule has 156 valence electrons. The van der Waals surface area contributed by atoms with Crippen molar-refractivity contribution in [3.63, 3.8) is 0 Å². The number of hydrogen-bond donors (Lipinski definition) is 2. The van der Waals surface area contributed by atoms with Crippen molar-refractivity contribution >= 4 is 33.2 Å². The lowest BCUT2D eigenvalue weighted by Crippen LogP contribution is -2.15. The Morgan fingerprint density at radius 2 is 1.73 bits per heavy atom. The van der Waals surface area contributed by atoms with E-state index in [1.54, 1.807) is 54.6 Å². The summed E-state index contributed by atoms with van der Waals surface area (Å²) in [7, 11) is -3.85. The lowest BCUT2D eigenvalue weighted by molar-refractivity contribution is 0.102. The van der Waals surface area contributed by atoms with Crippen molar-refractivity contribution in [3.8, 4) is 11.1 Å². The number of primary sulfonamides is 1. The molecule has 0 aliphatic carbocycles. The van der Waals surface area contributed by atoms with Crippen LogP contribution in [0.15, 0.2) is 71.6 Å². The number of carbonyl (C=O) groups excluding carboxylic acids is 1. The highest BCUT2D eigenvalue weighted by Gasteiger charge is 2.17. The summed E-state index contributed by atoms with van der Waals surface area (Å²) in [6, 6.07) is 18.8. The van der Waals surface area contributed by atoms with Gasteiger partial charge in [-0.05, 0) is 53.8 Å². The monoisotopic (exact) mass is 442 g/mol. The van der Waals surface area contributed by atoms with Gasteiger partial charge in [0.05, 0.1) is 4.90 Å². The van der Waals surface area contributed by atoms with E-state index in [2.05, 4.69) is 19.2 Å². The van der Waals surface area contributed by atoms with Crippen LogP contribution in [0.5, 0.6) is 0 Å². The van der Waals surface area contributed by atoms with Crippen LogP contribution in [0.2, 0.25) is 5.02 Å². The molecule has 0 aromatic heterocycles. The zero-order valence-corrected chi connectivity index (χ0v) is 18.3. The van der Waals surface area contributed by atoms with E-state index in [4.69, 9.17) is 16.7 Å². The second-order valence-electron chi connectivity index (χ2n) is 7.11. The SMILES string of the molecule is CCC(C)c1ccc(Cl)cc1C(=O)Nc1ccc(-c2ccccc2S(N)(=O)=O)cc1. The van der Waals surface area contributed by atoms with Crippen LogP contribution in [0, 0.1) is 0 Å². The summed E-state index contributed by atoms with van der Waals surface area (Å²) >= 11 is 6.11. The molecule has 3 aromatic carbocycles. The summed E-state index contributed by atoms with van der Waals surface area (Å²) in [5.74, 6) is -0.0226. The number of carbonyl (C=O) groups is 1. The number of amides is 1. The number of halogens is 1. The molecule has 0 heterocycles. The predicted molar refractivity (Wildman–Crippen MR) is 121 cm³/mol. The molecule has 3 N–H and O–H groups in total. The third kappa shape index (κ3) is 4.90. The van der Waals surface area contributed by atoms with E-state index in [-0.39, 0.29) is 16.7 Å². The van der Waals surface area contributed by atoms with Gasteiger partial charge in [0.25, 0.3) is 5.91 Å². The third-order valence-electron chi connectivity index (χ3n) is 5.05. The van der Waals surface area contributed by atoms with Gasteiger partial charge in [-0.15, -0.1) is 0 Å². The maximum Gasteiger partial charge on any atom is 0.256 e. The quantitative estimate of drug-likeness (QED) is 0.534. The Morgan fingerprint density at radius 3 is 2.37 bits per heavy atom. The third-order valence-corrected chi connectivity index (χ3v) is 6.25. The molecule has 0 saturated carbocycles. The Balaban J connectivity index is 1.88. The first-order valence-corrected chi connectivity index (χ1v) is 11.5. The molecule has 0 radical (unpaired) electrons. The minimum Gasteiger partial charge on any atom is -0.322 e. The lowest BCUT2D eigenvalue weighted by Gasteiger charge is -2.15. The molecule has 0 aliphatic rings. The standard InChI is InChI=1S/C23H23ClN2O3S/c1-3-15(2)19-13-10-17(24)14-21(19)23(27)26-18-11-8-16(9-12-18)20-6-4-5-7-22(20)30(25,28)29/h4-15H,3H2,1-2H3,(H,26,27)(H2,25,28,29). The summed E-state index contributed by atoms with van der Waals surface area (Å²) in [6.07, 6.45) is 0.903. The topological polar surface area (TPSA) is 89.3 Å². The van der Waals surface area contributed by atoms with Gasteiger partial charge in [-0.1, -0.05) is 61.8 Å². The van der Waals surface area contributed by atoms with Crippen molar-refractivity contribution in [3.05, 3.63) is 82.9 Å². The highest BCUT2D eigenvalue weighted by Crippen LogP contribution is 2.29. The van der Waals surface area contributed by atoms with Crippen LogP contribution in [-0.2, 0) is 10.0 Å². The van der Waals surface area contributed by atoms with E-state index in [0.717, 1.165) is 12.0 Å². The van der Waals surface area contributed by atoms with Gasteiger partial charge in [0.2, 0.25) is 10.0 Å². The maximum atomic E-state index is 12.9. The number of rotatable bonds is 6. The smallest absolute Gasteiger partial charge is 0.256 e. The van der Waals surface area contributed by atoms with E-state index in [0.29, 0.717) is 27.4 Å². The molecule has 7 heteroatoms. The molecule has 5 nitrogen and oxygen atoms in total. The molecule has 0 bridgehead atoms. The largest absolute Gasteiger partial charge is 0.322 e. The normalized spacial score (nSPS) is 12.4. The minimum atomic E-state index is -3.85. The van der Waals surface area contributed by atoms with Gasteiger partial charge < -0.3 is 5.32 Å². The molecule has 3 aromatic rings. The zero-order valence-electron chi connectivity index (χ0n) is 16.7. The van der Waals surface area contributed by atoms with Gasteiger partial charge in [-0.3, -0.25) is 4.79 Å². The molecule has 1 atom stereocenters. The Hall–Kier alpha value is -2.67. The van der Waals surface area contributed by atoms with Crippen molar-refractivity contribution in [1.82, 2.24) is 0 Å². The second kappa shape index (κ2) is 9.00. The number of nitrogens with one attached hydrogen (secondary N) is 1. The summed E-state index contributed by atoms with van der Waals surface area (Å²) in [5, 5.41) is 8.71. The summed E-state index contributed by atoms with van der Waals surface area (Å²) in [6.45, 7) is 4.14. The van der Waals surface area contributed by atoms with Crippen LogP contribution < -0.4 is 10.5 Å². The lowest BCUT2D eigenvalue weighted by atomic mass is 9.93. The fourth-order valence-corrected chi connectivity index (χ4v) is 4.19. The summed E-state index contributed by atoms with van der Waals surface area (Å²) in [4.78, 5) is 12.9. The zero-order chi connectivity index (χ0) is 21.9. The van der Waals surface area contributed by atoms with Crippen LogP contribution in [0.25, 0.3) is 11.1 Å². The highest BCUT2D eigenvalue weighted by atomic mass is 35.5. The molecule has 1 unspecified atom stereocenters. The highest BCUT2D eigenvalue weighted by molar-refractivity contribution is 7.89. The number of anilines is 1. The van der Waals surface area contributed by atoms with Gasteiger partial charge in [-0.2, -0.15) is 0 Å². The number of hydrogen-bond acceptors (Lipinski definition) is 3. The minimum absolute atomic E-state index is 0.0545. The molecule has 0 aliphatic heterocycles. The molecule has 3 rings (SSSR count). The Kier molecular flexibility index (Phi) is 6.61. The average Bonchev–Trinajstić information content (AvgIpc) is 2.73. The number of benzene rings is 3. The van der Waals surface area contributed by atoms with Crippen molar-refractivity contribution in [2.24, 2.45) is 5.14 Å². The predicted octanol–water partition coefficient (Wildman–Crippen LogP) is 5.42. The van der Waals surface area contributed by atoms with Crippen LogP contribution in [0.1, 0.15) is 42.1 Å². The Labute approximate surface area is 181 Å². The number of sulfonamides is 1. The van der Waals surface area contributed by atoms with Crippen molar-refractivity contribution in [2.45, 2.75) is 31.1 Å². The van der Waals surface area contributed by atoms with Gasteiger partial charge >= 0.3 is 0 Å². The van der Waals surface area contributed by atoms with Crippen LogP contribution in [0.3, 0.4) is 0 Å². The van der Waals surface area contributed by atoms with E-state index in [1.807, 2.05) is 6.07 Å². The molecule has 1 amide bonds. The molecule has 30 heavy (non-hydrogen) atoms. The van der Waals surface area contributed by atoms with Crippen molar-refractivity contribution < 1.29 is 13.2 Å². The van der Waals surface area contributed by atoms with E-state index < -0.39 is 10.0 Å². The van der Waals surface area contributed by atoms with Crippen molar-refractivity contribution in [1.29, 1.82) is 0 Å². The molecule has 0 fully saturated rings. The van der Waals surface area contributed by atoms with E-state index in [9.17, 15) is 13.2 Å². The maximum absolute atomic E-state index is 12.9. The second-order valence-corrected chi connectivity index (χ2v) is 9.08. The molecular weight excluding hydrogens is 420 g/mol. The van der Waals surface area contributed by atoms with Crippen LogP contribution in [0.4, 0.5) is 5.69 Å². The molecule has 0 saturated heterocycles. The first-order chi connectivity index (χ1) is 14.2. The van der Waals surface area contributed by atoms with Gasteiger partial charge in [0, 0.05) is 21.8 Å². The van der Waals surface area contributed by atoms with Gasteiger partial charge in [0.15, 0.2) is 0 Å². The first-order valence-electron chi connectivity index (χ1n) is 9.53. The number of nitrogens with two attached hydrogens (primary N) is 1. The average molecular weight is 443 g/mol. The Morgan fingerprint density at radius 1 is 1.07 bits per heavy atom. The van der Waals surface area contributed by atoms with E-state index >= 15 is 0 Å². The van der Waals surface area contributed by atoms with Crippen LogP contribution in [-0.4, -0.2) is 14.3 Å². The fraction of sp³-hybridized carbons (Fsp3) is 0.174. The molecule has 0 spiro atoms. The van der Waals surface area contributed by atoms with Gasteiger partial charge in [0.1, 0.15) is 0 Å². The van der Waals surface area contributed by atoms with Crippen molar-refractivity contribution in [2.75, 3.05) is 5.32 Å². The van der Waals surface area contributed by atoms with Gasteiger partial charge in [-0.25, -0.2) is 13.6 Å². The molecular formula is C23H23ClN2O3S. The summed E-state index contributed by atoms with van der Waals surface area (Å²) in [5.41, 5.74) is 3.26. The first kappa shape index (κ1) is 22.0. The fourth-order valence-electron chi connectivity index (χ4n) is 3.26. The van der Waals surface area contributed by atoms with E-state index in [1.165, 1.54) is 6.07 Å².